The van der Waals surface area contributed by atoms with Crippen LogP contribution in [0.2, 0.25) is 5.02 Å². The summed E-state index contributed by atoms with van der Waals surface area (Å²) < 4.78 is 5.40. The van der Waals surface area contributed by atoms with Crippen molar-refractivity contribution in [3.05, 3.63) is 52.0 Å². The summed E-state index contributed by atoms with van der Waals surface area (Å²) in [6, 6.07) is 7.06. The highest BCUT2D eigenvalue weighted by Crippen LogP contribution is 2.22. The number of carbonyl (C=O) groups excluding carboxylic acids is 2. The van der Waals surface area contributed by atoms with E-state index in [1.54, 1.807) is 30.3 Å². The van der Waals surface area contributed by atoms with E-state index in [1.165, 1.54) is 17.4 Å². The van der Waals surface area contributed by atoms with Gasteiger partial charge in [0.05, 0.1) is 5.69 Å². The third-order valence-electron chi connectivity index (χ3n) is 5.25. The third-order valence-corrected chi connectivity index (χ3v) is 6.29. The van der Waals surface area contributed by atoms with Gasteiger partial charge >= 0.3 is 0 Å². The lowest BCUT2D eigenvalue weighted by atomic mass is 10.2. The van der Waals surface area contributed by atoms with Crippen LogP contribution in [-0.4, -0.2) is 53.7 Å². The highest BCUT2D eigenvalue weighted by atomic mass is 35.5. The van der Waals surface area contributed by atoms with E-state index in [0.29, 0.717) is 36.0 Å². The number of nitrogens with one attached hydrogen (secondary N) is 2. The Morgan fingerprint density at radius 3 is 2.88 bits per heavy atom. The Balaban J connectivity index is 1.22. The minimum Gasteiger partial charge on any atom is -0.357 e. The molecule has 32 heavy (non-hydrogen) atoms. The number of thiazole rings is 1. The average Bonchev–Trinajstić information content (AvgIpc) is 3.47. The van der Waals surface area contributed by atoms with E-state index in [9.17, 15) is 9.59 Å². The highest BCUT2D eigenvalue weighted by molar-refractivity contribution is 7.13. The number of amides is 2. The molecule has 2 aliphatic rings. The topological polar surface area (TPSA) is 92.8 Å². The number of rotatable bonds is 7. The molecule has 2 aromatic rings. The molecule has 1 aromatic heterocycles. The molecule has 2 unspecified atom stereocenters. The van der Waals surface area contributed by atoms with E-state index >= 15 is 0 Å². The number of halogens is 1. The number of aromatic nitrogens is 1. The summed E-state index contributed by atoms with van der Waals surface area (Å²) in [6.45, 7) is 1.94. The molecule has 2 saturated heterocycles. The van der Waals surface area contributed by atoms with Crippen molar-refractivity contribution < 1.29 is 19.2 Å². The quantitative estimate of drug-likeness (QED) is 0.467. The molecule has 0 spiro atoms. The number of ether oxygens (including phenoxy) is 1. The number of hydrogen-bond acceptors (Lipinski definition) is 7. The van der Waals surface area contributed by atoms with Crippen LogP contribution in [-0.2, 0) is 14.4 Å². The molecule has 10 heteroatoms. The molecule has 2 atom stereocenters. The van der Waals surface area contributed by atoms with Crippen LogP contribution < -0.4 is 10.8 Å². The summed E-state index contributed by atoms with van der Waals surface area (Å²) in [5.74, 6) is -0.366. The van der Waals surface area contributed by atoms with Gasteiger partial charge in [0.15, 0.2) is 11.4 Å². The first-order chi connectivity index (χ1) is 15.6. The fourth-order valence-corrected chi connectivity index (χ4v) is 4.45. The number of carbonyl (C=O) groups is 2. The van der Waals surface area contributed by atoms with Crippen LogP contribution in [0.1, 0.15) is 41.7 Å². The van der Waals surface area contributed by atoms with Gasteiger partial charge in [-0.05, 0) is 49.6 Å². The molecule has 8 nitrogen and oxygen atoms in total. The van der Waals surface area contributed by atoms with Crippen LogP contribution >= 0.6 is 22.9 Å². The van der Waals surface area contributed by atoms with E-state index in [-0.39, 0.29) is 24.1 Å². The predicted molar refractivity (Wildman–Crippen MR) is 123 cm³/mol. The molecule has 1 aromatic carbocycles. The Morgan fingerprint density at radius 1 is 1.25 bits per heavy atom. The molecule has 4 rings (SSSR count). The molecule has 0 bridgehead atoms. The van der Waals surface area contributed by atoms with Crippen LogP contribution in [0, 0.1) is 0 Å². The molecule has 170 valence electrons. The van der Waals surface area contributed by atoms with Crippen LogP contribution in [0.4, 0.5) is 5.13 Å². The second-order valence-electron chi connectivity index (χ2n) is 7.68. The smallest absolute Gasteiger partial charge is 0.267 e. The van der Waals surface area contributed by atoms with Crippen molar-refractivity contribution >= 4 is 46.0 Å². The monoisotopic (exact) mass is 476 g/mol. The summed E-state index contributed by atoms with van der Waals surface area (Å²) in [7, 11) is 0. The number of likely N-dealkylation sites (tertiary alicyclic amines) is 1. The predicted octanol–water partition coefficient (Wildman–Crippen LogP) is 3.71. The summed E-state index contributed by atoms with van der Waals surface area (Å²) in [5.41, 5.74) is 3.69. The fourth-order valence-electron chi connectivity index (χ4n) is 3.56. The second kappa shape index (κ2) is 10.9. The zero-order valence-corrected chi connectivity index (χ0v) is 19.0. The molecule has 0 radical (unpaired) electrons. The Labute approximate surface area is 195 Å². The van der Waals surface area contributed by atoms with Crippen molar-refractivity contribution in [2.45, 2.75) is 38.0 Å². The van der Waals surface area contributed by atoms with Gasteiger partial charge in [-0.25, -0.2) is 15.3 Å². The van der Waals surface area contributed by atoms with E-state index in [1.807, 2.05) is 10.3 Å². The number of anilines is 1. The maximum Gasteiger partial charge on any atom is 0.267 e. The van der Waals surface area contributed by atoms with Crippen LogP contribution in [0.25, 0.3) is 6.08 Å². The fraction of sp³-hybridized carbons (Fsp3) is 0.409. The normalized spacial score (nSPS) is 21.1. The van der Waals surface area contributed by atoms with Crippen molar-refractivity contribution in [2.75, 3.05) is 25.0 Å². The Kier molecular flexibility index (Phi) is 7.75. The number of hydroxylamine groups is 1. The molecule has 2 N–H and O–H groups in total. The first kappa shape index (κ1) is 22.7. The first-order valence-electron chi connectivity index (χ1n) is 10.6. The first-order valence-corrected chi connectivity index (χ1v) is 11.8. The van der Waals surface area contributed by atoms with Crippen molar-refractivity contribution in [3.8, 4) is 0 Å². The largest absolute Gasteiger partial charge is 0.357 e. The number of benzene rings is 1. The maximum absolute atomic E-state index is 12.6. The van der Waals surface area contributed by atoms with Crippen LogP contribution in [0.5, 0.6) is 0 Å². The van der Waals surface area contributed by atoms with Gasteiger partial charge in [0.1, 0.15) is 0 Å². The van der Waals surface area contributed by atoms with E-state index < -0.39 is 0 Å². The van der Waals surface area contributed by atoms with Crippen molar-refractivity contribution in [1.82, 2.24) is 15.4 Å². The van der Waals surface area contributed by atoms with Crippen LogP contribution in [0.15, 0.2) is 35.7 Å². The van der Waals surface area contributed by atoms with Gasteiger partial charge in [0, 0.05) is 54.2 Å². The van der Waals surface area contributed by atoms with Crippen LogP contribution in [0.3, 0.4) is 0 Å². The van der Waals surface area contributed by atoms with E-state index in [0.717, 1.165) is 30.8 Å². The lowest BCUT2D eigenvalue weighted by Crippen LogP contribution is -2.32. The molecule has 0 aliphatic carbocycles. The minimum absolute atomic E-state index is 0.000542. The average molecular weight is 477 g/mol. The Morgan fingerprint density at radius 2 is 2.09 bits per heavy atom. The van der Waals surface area contributed by atoms with Gasteiger partial charge in [-0.15, -0.1) is 11.3 Å². The zero-order chi connectivity index (χ0) is 22.3. The highest BCUT2D eigenvalue weighted by Gasteiger charge is 2.27. The van der Waals surface area contributed by atoms with Gasteiger partial charge < -0.3 is 15.0 Å². The number of hydrogen-bond donors (Lipinski definition) is 2. The van der Waals surface area contributed by atoms with Crippen molar-refractivity contribution in [3.63, 3.8) is 0 Å². The summed E-state index contributed by atoms with van der Waals surface area (Å²) >= 11 is 7.36. The Hall–Kier alpha value is -2.46. The Bertz CT molecular complexity index is 959. The maximum atomic E-state index is 12.6. The summed E-state index contributed by atoms with van der Waals surface area (Å²) in [4.78, 5) is 36.1. The minimum atomic E-state index is -0.381. The van der Waals surface area contributed by atoms with Gasteiger partial charge in [-0.3, -0.25) is 9.59 Å². The lowest BCUT2D eigenvalue weighted by Gasteiger charge is -2.21. The molecule has 3 heterocycles. The SMILES string of the molecule is O=C(/C=C/c1csc(NC2CCN(C(=O)c3ccc(Cl)cc3)C2)n1)NOC1CCCCO1. The van der Waals surface area contributed by atoms with Gasteiger partial charge in [-0.2, -0.15) is 0 Å². The van der Waals surface area contributed by atoms with Crippen molar-refractivity contribution in [2.24, 2.45) is 0 Å². The molecule has 2 aliphatic heterocycles. The molecular weight excluding hydrogens is 452 g/mol. The number of nitrogens with zero attached hydrogens (tertiary/aromatic N) is 2. The molecule has 2 amide bonds. The standard InChI is InChI=1S/C22H25ClN4O4S/c23-16-6-4-15(5-7-16)21(29)27-11-10-17(13-27)24-22-25-18(14-32-22)8-9-19(28)26-31-20-3-1-2-12-30-20/h4-9,14,17,20H,1-3,10-13H2,(H,24,25)(H,26,28)/b9-8+. The van der Waals surface area contributed by atoms with E-state index in [2.05, 4.69) is 15.8 Å². The van der Waals surface area contributed by atoms with E-state index in [4.69, 9.17) is 21.2 Å². The molecule has 2 fully saturated rings. The molecule has 0 saturated carbocycles. The zero-order valence-electron chi connectivity index (χ0n) is 17.5. The van der Waals surface area contributed by atoms with Gasteiger partial charge in [0.25, 0.3) is 11.8 Å². The van der Waals surface area contributed by atoms with Gasteiger partial charge in [0.2, 0.25) is 0 Å². The summed E-state index contributed by atoms with van der Waals surface area (Å²) in [5, 5.41) is 6.61. The van der Waals surface area contributed by atoms with Gasteiger partial charge in [-0.1, -0.05) is 11.6 Å². The third kappa shape index (κ3) is 6.29. The molecular formula is C22H25ClN4O4S. The lowest BCUT2D eigenvalue weighted by molar-refractivity contribution is -0.198. The second-order valence-corrected chi connectivity index (χ2v) is 8.97. The van der Waals surface area contributed by atoms with Crippen molar-refractivity contribution in [1.29, 1.82) is 0 Å². The summed E-state index contributed by atoms with van der Waals surface area (Å²) in [6.07, 6.45) is 6.29.